The van der Waals surface area contributed by atoms with Gasteiger partial charge in [0.05, 0.1) is 12.7 Å². The van der Waals surface area contributed by atoms with Crippen LogP contribution in [0.25, 0.3) is 0 Å². The van der Waals surface area contributed by atoms with E-state index < -0.39 is 0 Å². The Balaban J connectivity index is 1.65. The minimum absolute atomic E-state index is 0.466. The van der Waals surface area contributed by atoms with Crippen LogP contribution in [0.1, 0.15) is 18.4 Å². The van der Waals surface area contributed by atoms with Gasteiger partial charge in [0.15, 0.2) is 0 Å². The molecule has 0 saturated heterocycles. The molecule has 2 rings (SSSR count). The van der Waals surface area contributed by atoms with Crippen LogP contribution in [0.4, 0.5) is 0 Å². The highest BCUT2D eigenvalue weighted by molar-refractivity contribution is 7.07. The zero-order valence-corrected chi connectivity index (χ0v) is 8.43. The molecule has 0 amide bonds. The van der Waals surface area contributed by atoms with Gasteiger partial charge in [0, 0.05) is 0 Å². The molecule has 72 valence electrons. The van der Waals surface area contributed by atoms with E-state index in [9.17, 15) is 0 Å². The number of nitrogens with two attached hydrogens (primary N) is 1. The topological polar surface area (TPSA) is 35.2 Å². The van der Waals surface area contributed by atoms with E-state index in [-0.39, 0.29) is 0 Å². The van der Waals surface area contributed by atoms with Crippen LogP contribution in [0.2, 0.25) is 0 Å². The van der Waals surface area contributed by atoms with Crippen LogP contribution in [0, 0.1) is 5.92 Å². The predicted octanol–water partition coefficient (Wildman–Crippen LogP) is 2.00. The highest BCUT2D eigenvalue weighted by Crippen LogP contribution is 2.29. The van der Waals surface area contributed by atoms with Crippen LogP contribution < -0.4 is 5.73 Å². The minimum atomic E-state index is 0.466. The Morgan fingerprint density at radius 1 is 1.54 bits per heavy atom. The van der Waals surface area contributed by atoms with Gasteiger partial charge in [-0.1, -0.05) is 0 Å². The molecule has 0 aliphatic heterocycles. The molecule has 13 heavy (non-hydrogen) atoms. The van der Waals surface area contributed by atoms with Crippen molar-refractivity contribution in [2.75, 3.05) is 6.54 Å². The van der Waals surface area contributed by atoms with Crippen molar-refractivity contribution < 1.29 is 4.74 Å². The summed E-state index contributed by atoms with van der Waals surface area (Å²) in [6.45, 7) is 1.59. The largest absolute Gasteiger partial charge is 0.373 e. The SMILES string of the molecule is NCC1CC(OCc2ccsc2)C1. The molecule has 1 heterocycles. The quantitative estimate of drug-likeness (QED) is 0.801. The van der Waals surface area contributed by atoms with Gasteiger partial charge in [-0.15, -0.1) is 0 Å². The summed E-state index contributed by atoms with van der Waals surface area (Å²) in [6, 6.07) is 2.11. The summed E-state index contributed by atoms with van der Waals surface area (Å²) in [4.78, 5) is 0. The van der Waals surface area contributed by atoms with Gasteiger partial charge < -0.3 is 10.5 Å². The molecular formula is C10H15NOS. The van der Waals surface area contributed by atoms with Gasteiger partial charge in [0.25, 0.3) is 0 Å². The van der Waals surface area contributed by atoms with E-state index in [4.69, 9.17) is 10.5 Å². The van der Waals surface area contributed by atoms with Crippen molar-refractivity contribution >= 4 is 11.3 Å². The lowest BCUT2D eigenvalue weighted by Crippen LogP contribution is -2.35. The fourth-order valence-corrected chi connectivity index (χ4v) is 2.25. The molecule has 1 aromatic rings. The molecule has 2 N–H and O–H groups in total. The first kappa shape index (κ1) is 9.19. The minimum Gasteiger partial charge on any atom is -0.373 e. The van der Waals surface area contributed by atoms with Crippen molar-refractivity contribution in [1.82, 2.24) is 0 Å². The zero-order valence-electron chi connectivity index (χ0n) is 7.61. The smallest absolute Gasteiger partial charge is 0.0728 e. The Kier molecular flexibility index (Phi) is 2.98. The van der Waals surface area contributed by atoms with E-state index in [1.165, 1.54) is 5.56 Å². The van der Waals surface area contributed by atoms with Gasteiger partial charge in [0.2, 0.25) is 0 Å². The molecule has 0 atom stereocenters. The fourth-order valence-electron chi connectivity index (χ4n) is 1.59. The number of rotatable bonds is 4. The Morgan fingerprint density at radius 3 is 3.00 bits per heavy atom. The monoisotopic (exact) mass is 197 g/mol. The van der Waals surface area contributed by atoms with Crippen LogP contribution in [0.15, 0.2) is 16.8 Å². The van der Waals surface area contributed by atoms with E-state index in [0.29, 0.717) is 12.0 Å². The molecule has 0 unspecified atom stereocenters. The van der Waals surface area contributed by atoms with Crippen LogP contribution in [0.3, 0.4) is 0 Å². The first-order valence-corrected chi connectivity index (χ1v) is 5.65. The Morgan fingerprint density at radius 2 is 2.38 bits per heavy atom. The lowest BCUT2D eigenvalue weighted by Gasteiger charge is -2.34. The third-order valence-corrected chi connectivity index (χ3v) is 3.32. The maximum atomic E-state index is 5.71. The summed E-state index contributed by atoms with van der Waals surface area (Å²) in [7, 11) is 0. The van der Waals surface area contributed by atoms with Gasteiger partial charge in [0.1, 0.15) is 0 Å². The molecule has 1 aliphatic carbocycles. The summed E-state index contributed by atoms with van der Waals surface area (Å²) in [5, 5.41) is 4.22. The normalized spacial score (nSPS) is 27.2. The van der Waals surface area contributed by atoms with Crippen LogP contribution in [-0.2, 0) is 11.3 Å². The molecule has 0 spiro atoms. The fraction of sp³-hybridized carbons (Fsp3) is 0.600. The Bertz CT molecular complexity index is 241. The molecule has 0 bridgehead atoms. The van der Waals surface area contributed by atoms with E-state index in [1.54, 1.807) is 11.3 Å². The first-order chi connectivity index (χ1) is 6.38. The number of thiophene rings is 1. The number of ether oxygens (including phenoxy) is 1. The van der Waals surface area contributed by atoms with Crippen LogP contribution in [0.5, 0.6) is 0 Å². The summed E-state index contributed by atoms with van der Waals surface area (Å²) >= 11 is 1.72. The first-order valence-electron chi connectivity index (χ1n) is 4.71. The zero-order chi connectivity index (χ0) is 9.10. The molecule has 1 aliphatic rings. The maximum absolute atomic E-state index is 5.71. The summed E-state index contributed by atoms with van der Waals surface area (Å²) in [5.74, 6) is 0.715. The number of hydrogen-bond acceptors (Lipinski definition) is 3. The molecule has 1 aromatic heterocycles. The summed E-state index contributed by atoms with van der Waals surface area (Å²) in [5.41, 5.74) is 6.83. The standard InChI is InChI=1S/C10H15NOS/c11-5-9-3-10(4-9)12-6-8-1-2-13-7-8/h1-2,7,9-10H,3-6,11H2. The highest BCUT2D eigenvalue weighted by atomic mass is 32.1. The Hall–Kier alpha value is -0.380. The third-order valence-electron chi connectivity index (χ3n) is 2.59. The lowest BCUT2D eigenvalue weighted by molar-refractivity contribution is -0.0374. The van der Waals surface area contributed by atoms with E-state index in [0.717, 1.165) is 26.0 Å². The van der Waals surface area contributed by atoms with E-state index in [2.05, 4.69) is 16.8 Å². The second-order valence-electron chi connectivity index (χ2n) is 3.64. The predicted molar refractivity (Wildman–Crippen MR) is 54.7 cm³/mol. The molecule has 2 nitrogen and oxygen atoms in total. The highest BCUT2D eigenvalue weighted by Gasteiger charge is 2.28. The van der Waals surface area contributed by atoms with Crippen molar-refractivity contribution in [1.29, 1.82) is 0 Å². The molecule has 1 saturated carbocycles. The maximum Gasteiger partial charge on any atom is 0.0728 e. The second kappa shape index (κ2) is 4.22. The van der Waals surface area contributed by atoms with Crippen molar-refractivity contribution in [2.45, 2.75) is 25.6 Å². The molecule has 1 fully saturated rings. The van der Waals surface area contributed by atoms with Crippen molar-refractivity contribution in [2.24, 2.45) is 11.7 Å². The summed E-state index contributed by atoms with van der Waals surface area (Å²) in [6.07, 6.45) is 2.77. The van der Waals surface area contributed by atoms with Gasteiger partial charge in [-0.3, -0.25) is 0 Å². The van der Waals surface area contributed by atoms with E-state index >= 15 is 0 Å². The molecular weight excluding hydrogens is 182 g/mol. The molecule has 3 heteroatoms. The van der Waals surface area contributed by atoms with Crippen molar-refractivity contribution in [3.05, 3.63) is 22.4 Å². The Labute approximate surface area is 82.7 Å². The van der Waals surface area contributed by atoms with Crippen LogP contribution in [-0.4, -0.2) is 12.6 Å². The average molecular weight is 197 g/mol. The van der Waals surface area contributed by atoms with Gasteiger partial charge in [-0.2, -0.15) is 11.3 Å². The van der Waals surface area contributed by atoms with Crippen LogP contribution >= 0.6 is 11.3 Å². The molecule has 0 aromatic carbocycles. The molecule has 0 radical (unpaired) electrons. The van der Waals surface area contributed by atoms with E-state index in [1.807, 2.05) is 0 Å². The van der Waals surface area contributed by atoms with Gasteiger partial charge in [-0.25, -0.2) is 0 Å². The van der Waals surface area contributed by atoms with Crippen molar-refractivity contribution in [3.8, 4) is 0 Å². The van der Waals surface area contributed by atoms with Crippen molar-refractivity contribution in [3.63, 3.8) is 0 Å². The van der Waals surface area contributed by atoms with Gasteiger partial charge in [-0.05, 0) is 47.7 Å². The lowest BCUT2D eigenvalue weighted by atomic mass is 9.82. The third kappa shape index (κ3) is 2.30. The summed E-state index contributed by atoms with van der Waals surface area (Å²) < 4.78 is 5.71. The van der Waals surface area contributed by atoms with Gasteiger partial charge >= 0.3 is 0 Å². The second-order valence-corrected chi connectivity index (χ2v) is 4.42. The average Bonchev–Trinajstić information content (AvgIpc) is 2.54. The number of hydrogen-bond donors (Lipinski definition) is 1.